The minimum atomic E-state index is -0.801. The second-order valence-electron chi connectivity index (χ2n) is 6.87. The van der Waals surface area contributed by atoms with Crippen molar-refractivity contribution in [1.29, 1.82) is 0 Å². The lowest BCUT2D eigenvalue weighted by Crippen LogP contribution is -2.56. The van der Waals surface area contributed by atoms with Gasteiger partial charge in [0.1, 0.15) is 24.1 Å². The maximum Gasteiger partial charge on any atom is 0.255 e. The topological polar surface area (TPSA) is 59.1 Å². The first kappa shape index (κ1) is 19.5. The number of carbonyl (C=O) groups is 2. The maximum absolute atomic E-state index is 13.7. The molecule has 1 heterocycles. The van der Waals surface area contributed by atoms with E-state index in [2.05, 4.69) is 0 Å². The Morgan fingerprint density at radius 1 is 0.800 bits per heavy atom. The number of hydrogen-bond acceptors (Lipinski definition) is 4. The third kappa shape index (κ3) is 3.48. The molecular weight excluding hydrogens is 380 g/mol. The van der Waals surface area contributed by atoms with E-state index in [-0.39, 0.29) is 18.4 Å². The van der Waals surface area contributed by atoms with Crippen molar-refractivity contribution in [1.82, 2.24) is 0 Å². The van der Waals surface area contributed by atoms with Crippen LogP contribution in [0.4, 0.5) is 11.4 Å². The zero-order chi connectivity index (χ0) is 21.1. The first-order valence-corrected chi connectivity index (χ1v) is 9.59. The molecule has 2 amide bonds. The number of carbonyl (C=O) groups excluding carboxylic acids is 2. The van der Waals surface area contributed by atoms with Gasteiger partial charge in [-0.05, 0) is 42.0 Å². The molecule has 1 fully saturated rings. The lowest BCUT2D eigenvalue weighted by molar-refractivity contribution is -0.128. The molecule has 152 valence electrons. The van der Waals surface area contributed by atoms with Gasteiger partial charge in [0.25, 0.3) is 5.91 Å². The van der Waals surface area contributed by atoms with Crippen LogP contribution in [0.15, 0.2) is 78.9 Å². The third-order valence-corrected chi connectivity index (χ3v) is 5.16. The van der Waals surface area contributed by atoms with E-state index in [9.17, 15) is 9.59 Å². The molecule has 3 aromatic carbocycles. The molecule has 0 N–H and O–H groups in total. The fourth-order valence-electron chi connectivity index (χ4n) is 3.71. The van der Waals surface area contributed by atoms with Crippen molar-refractivity contribution in [2.24, 2.45) is 0 Å². The Morgan fingerprint density at radius 2 is 1.47 bits per heavy atom. The summed E-state index contributed by atoms with van der Waals surface area (Å²) in [4.78, 5) is 30.1. The molecule has 0 unspecified atom stereocenters. The Labute approximate surface area is 175 Å². The predicted octanol–water partition coefficient (Wildman–Crippen LogP) is 3.82. The smallest absolute Gasteiger partial charge is 0.255 e. The normalized spacial score (nSPS) is 16.5. The predicted molar refractivity (Wildman–Crippen MR) is 115 cm³/mol. The number of para-hydroxylation sites is 3. The van der Waals surface area contributed by atoms with E-state index in [1.54, 1.807) is 43.4 Å². The highest BCUT2D eigenvalue weighted by Gasteiger charge is 2.42. The van der Waals surface area contributed by atoms with Crippen molar-refractivity contribution >= 4 is 23.2 Å². The highest BCUT2D eigenvalue weighted by Crippen LogP contribution is 2.37. The van der Waals surface area contributed by atoms with E-state index in [0.29, 0.717) is 28.4 Å². The molecule has 30 heavy (non-hydrogen) atoms. The van der Waals surface area contributed by atoms with Gasteiger partial charge in [-0.1, -0.05) is 42.5 Å². The monoisotopic (exact) mass is 402 g/mol. The van der Waals surface area contributed by atoms with Crippen molar-refractivity contribution in [3.63, 3.8) is 0 Å². The molecule has 4 rings (SSSR count). The fourth-order valence-corrected chi connectivity index (χ4v) is 3.71. The van der Waals surface area contributed by atoms with E-state index < -0.39 is 6.04 Å². The number of anilines is 2. The van der Waals surface area contributed by atoms with Crippen LogP contribution in [0.2, 0.25) is 0 Å². The summed E-state index contributed by atoms with van der Waals surface area (Å²) >= 11 is 0. The highest BCUT2D eigenvalue weighted by atomic mass is 16.5. The number of piperazine rings is 1. The molecule has 1 aliphatic heterocycles. The Morgan fingerprint density at radius 3 is 2.13 bits per heavy atom. The Kier molecular flexibility index (Phi) is 5.39. The van der Waals surface area contributed by atoms with Crippen LogP contribution in [0.3, 0.4) is 0 Å². The summed E-state index contributed by atoms with van der Waals surface area (Å²) in [5, 5.41) is 0. The third-order valence-electron chi connectivity index (χ3n) is 5.16. The van der Waals surface area contributed by atoms with Crippen molar-refractivity contribution in [2.45, 2.75) is 6.04 Å². The molecule has 0 aromatic heterocycles. The van der Waals surface area contributed by atoms with Crippen molar-refractivity contribution in [2.75, 3.05) is 30.6 Å². The van der Waals surface area contributed by atoms with Crippen LogP contribution < -0.4 is 19.3 Å². The SMILES string of the molecule is COc1ccc([C@@H]2C(=O)N(c3ccccc3OC)CC(=O)N2c2ccccc2)cc1. The summed E-state index contributed by atoms with van der Waals surface area (Å²) in [6.45, 7) is -0.0687. The second-order valence-corrected chi connectivity index (χ2v) is 6.87. The van der Waals surface area contributed by atoms with Gasteiger partial charge in [-0.2, -0.15) is 0 Å². The molecule has 0 radical (unpaired) electrons. The van der Waals surface area contributed by atoms with Crippen LogP contribution in [0.1, 0.15) is 11.6 Å². The lowest BCUT2D eigenvalue weighted by Gasteiger charge is -2.40. The first-order chi connectivity index (χ1) is 14.6. The van der Waals surface area contributed by atoms with Gasteiger partial charge in [0.05, 0.1) is 19.9 Å². The Hall–Kier alpha value is -3.80. The van der Waals surface area contributed by atoms with Crippen LogP contribution in [-0.2, 0) is 9.59 Å². The average molecular weight is 402 g/mol. The summed E-state index contributed by atoms with van der Waals surface area (Å²) in [6.07, 6.45) is 0. The molecule has 6 heteroatoms. The van der Waals surface area contributed by atoms with E-state index in [0.717, 1.165) is 0 Å². The van der Waals surface area contributed by atoms with Gasteiger partial charge in [-0.25, -0.2) is 0 Å². The number of ether oxygens (including phenoxy) is 2. The minimum absolute atomic E-state index is 0.0687. The number of hydrogen-bond donors (Lipinski definition) is 0. The van der Waals surface area contributed by atoms with Crippen LogP contribution >= 0.6 is 0 Å². The second kappa shape index (κ2) is 8.29. The van der Waals surface area contributed by atoms with Crippen molar-refractivity contribution < 1.29 is 19.1 Å². The minimum Gasteiger partial charge on any atom is -0.497 e. The standard InChI is InChI=1S/C24H22N2O4/c1-29-19-14-12-17(13-15-19)23-24(28)25(20-10-6-7-11-21(20)30-2)16-22(27)26(23)18-8-4-3-5-9-18/h3-15,23H,16H2,1-2H3/t23-/m1/s1. The maximum atomic E-state index is 13.7. The summed E-state index contributed by atoms with van der Waals surface area (Å²) < 4.78 is 10.7. The van der Waals surface area contributed by atoms with Gasteiger partial charge < -0.3 is 9.47 Å². The molecule has 1 saturated heterocycles. The summed E-state index contributed by atoms with van der Waals surface area (Å²) in [6, 6.07) is 22.9. The van der Waals surface area contributed by atoms with Crippen LogP contribution in [0.25, 0.3) is 0 Å². The van der Waals surface area contributed by atoms with Crippen LogP contribution in [0.5, 0.6) is 11.5 Å². The quantitative estimate of drug-likeness (QED) is 0.651. The summed E-state index contributed by atoms with van der Waals surface area (Å²) in [5.74, 6) is 0.849. The molecule has 1 atom stereocenters. The van der Waals surface area contributed by atoms with E-state index in [1.165, 1.54) is 4.90 Å². The lowest BCUT2D eigenvalue weighted by atomic mass is 9.99. The van der Waals surface area contributed by atoms with Gasteiger partial charge in [0.15, 0.2) is 0 Å². The molecule has 6 nitrogen and oxygen atoms in total. The zero-order valence-corrected chi connectivity index (χ0v) is 16.8. The first-order valence-electron chi connectivity index (χ1n) is 9.59. The van der Waals surface area contributed by atoms with Crippen LogP contribution in [0, 0.1) is 0 Å². The van der Waals surface area contributed by atoms with E-state index >= 15 is 0 Å². The molecular formula is C24H22N2O4. The fraction of sp³-hybridized carbons (Fsp3) is 0.167. The van der Waals surface area contributed by atoms with E-state index in [4.69, 9.17) is 9.47 Å². The van der Waals surface area contributed by atoms with Gasteiger partial charge in [-0.3, -0.25) is 19.4 Å². The molecule has 0 aliphatic carbocycles. The average Bonchev–Trinajstić information content (AvgIpc) is 2.80. The van der Waals surface area contributed by atoms with Gasteiger partial charge in [-0.15, -0.1) is 0 Å². The van der Waals surface area contributed by atoms with Crippen LogP contribution in [-0.4, -0.2) is 32.6 Å². The highest BCUT2D eigenvalue weighted by molar-refractivity contribution is 6.14. The number of nitrogens with zero attached hydrogens (tertiary/aromatic N) is 2. The Bertz CT molecular complexity index is 1050. The number of amides is 2. The van der Waals surface area contributed by atoms with Gasteiger partial charge in [0.2, 0.25) is 5.91 Å². The molecule has 0 bridgehead atoms. The molecule has 0 saturated carbocycles. The molecule has 3 aromatic rings. The summed E-state index contributed by atoms with van der Waals surface area (Å²) in [5.41, 5.74) is 1.96. The van der Waals surface area contributed by atoms with Crippen molar-refractivity contribution in [3.05, 3.63) is 84.4 Å². The van der Waals surface area contributed by atoms with E-state index in [1.807, 2.05) is 54.6 Å². The summed E-state index contributed by atoms with van der Waals surface area (Å²) in [7, 11) is 3.14. The molecule has 0 spiro atoms. The van der Waals surface area contributed by atoms with Crippen molar-refractivity contribution in [3.8, 4) is 11.5 Å². The zero-order valence-electron chi connectivity index (χ0n) is 16.8. The number of benzene rings is 3. The van der Waals surface area contributed by atoms with Gasteiger partial charge in [0, 0.05) is 5.69 Å². The Balaban J connectivity index is 1.82. The van der Waals surface area contributed by atoms with Gasteiger partial charge >= 0.3 is 0 Å². The largest absolute Gasteiger partial charge is 0.497 e. The number of rotatable bonds is 5. The molecule has 1 aliphatic rings. The number of methoxy groups -OCH3 is 2.